The molecule has 0 amide bonds. The molecule has 0 unspecified atom stereocenters. The van der Waals surface area contributed by atoms with Crippen molar-refractivity contribution in [1.29, 1.82) is 0 Å². The van der Waals surface area contributed by atoms with Crippen molar-refractivity contribution in [2.45, 2.75) is 117 Å². The molecule has 0 bridgehead atoms. The lowest BCUT2D eigenvalue weighted by molar-refractivity contribution is 0.479. The zero-order valence-electron chi connectivity index (χ0n) is 45.3. The van der Waals surface area contributed by atoms with Crippen LogP contribution in [-0.2, 0) is 27.1 Å². The van der Waals surface area contributed by atoms with E-state index in [4.69, 9.17) is 9.72 Å². The van der Waals surface area contributed by atoms with Gasteiger partial charge in [0.1, 0.15) is 17.3 Å². The van der Waals surface area contributed by atoms with E-state index in [1.807, 2.05) is 6.20 Å². The van der Waals surface area contributed by atoms with Gasteiger partial charge in [0.25, 0.3) is 0 Å². The van der Waals surface area contributed by atoms with Gasteiger partial charge in [0, 0.05) is 51.3 Å². The molecule has 5 heteroatoms. The Morgan fingerprint density at radius 2 is 0.932 bits per heavy atom. The van der Waals surface area contributed by atoms with Crippen LogP contribution in [0.15, 0.2) is 200 Å². The van der Waals surface area contributed by atoms with Crippen LogP contribution in [0.25, 0.3) is 38.8 Å². The Morgan fingerprint density at radius 1 is 0.384 bits per heavy atom. The minimum Gasteiger partial charge on any atom is -0.457 e. The fourth-order valence-electron chi connectivity index (χ4n) is 10.8. The van der Waals surface area contributed by atoms with E-state index in [9.17, 15) is 0 Å². The number of benzene rings is 7. The molecule has 2 aromatic heterocycles. The number of nitrogens with zero attached hydrogens (tertiary/aromatic N) is 4. The van der Waals surface area contributed by atoms with Crippen LogP contribution in [0.3, 0.4) is 0 Å². The van der Waals surface area contributed by atoms with Crippen LogP contribution >= 0.6 is 0 Å². The third kappa shape index (κ3) is 9.35. The van der Waals surface area contributed by atoms with Gasteiger partial charge in [-0.15, -0.1) is 0 Å². The van der Waals surface area contributed by atoms with Gasteiger partial charge in [-0.25, -0.2) is 4.98 Å². The van der Waals surface area contributed by atoms with Crippen molar-refractivity contribution in [2.75, 3.05) is 16.5 Å². The highest BCUT2D eigenvalue weighted by Crippen LogP contribution is 2.51. The highest BCUT2D eigenvalue weighted by Gasteiger charge is 2.46. The summed E-state index contributed by atoms with van der Waals surface area (Å²) in [6.07, 6.45) is 1.95. The highest BCUT2D eigenvalue weighted by molar-refractivity contribution is 6.10. The van der Waals surface area contributed by atoms with Crippen LogP contribution in [-0.4, -0.2) is 16.2 Å². The van der Waals surface area contributed by atoms with E-state index in [2.05, 4.69) is 286 Å². The Hall–Kier alpha value is -7.37. The van der Waals surface area contributed by atoms with Crippen LogP contribution in [0.5, 0.6) is 11.5 Å². The molecule has 0 saturated carbocycles. The molecule has 0 N–H and O–H groups in total. The first-order chi connectivity index (χ1) is 34.6. The maximum absolute atomic E-state index is 7.22. The van der Waals surface area contributed by atoms with E-state index in [0.29, 0.717) is 6.67 Å². The molecule has 73 heavy (non-hydrogen) atoms. The van der Waals surface area contributed by atoms with Crippen molar-refractivity contribution in [3.8, 4) is 28.4 Å². The minimum atomic E-state index is -0.422. The number of aromatic nitrogens is 2. The van der Waals surface area contributed by atoms with Gasteiger partial charge in [-0.3, -0.25) is 4.57 Å². The average Bonchev–Trinajstić information content (AvgIpc) is 3.94. The van der Waals surface area contributed by atoms with Crippen molar-refractivity contribution in [3.05, 3.63) is 227 Å². The molecule has 1 aliphatic rings. The molecule has 0 atom stereocenters. The smallest absolute Gasteiger partial charge is 0.137 e. The second-order valence-corrected chi connectivity index (χ2v) is 24.3. The molecule has 1 aliphatic heterocycles. The summed E-state index contributed by atoms with van der Waals surface area (Å²) in [4.78, 5) is 10.2. The van der Waals surface area contributed by atoms with Crippen LogP contribution in [0.2, 0.25) is 0 Å². The summed E-state index contributed by atoms with van der Waals surface area (Å²) in [5, 5.41) is 2.32. The van der Waals surface area contributed by atoms with E-state index in [-0.39, 0.29) is 16.2 Å². The Labute approximate surface area is 434 Å². The van der Waals surface area contributed by atoms with Gasteiger partial charge in [-0.1, -0.05) is 199 Å². The minimum absolute atomic E-state index is 0.0247. The lowest BCUT2D eigenvalue weighted by Crippen LogP contribution is -2.35. The van der Waals surface area contributed by atoms with Crippen molar-refractivity contribution in [1.82, 2.24) is 9.55 Å². The first-order valence-electron chi connectivity index (χ1n) is 26.0. The molecule has 370 valence electrons. The van der Waals surface area contributed by atoms with E-state index < -0.39 is 10.8 Å². The number of anilines is 2. The Morgan fingerprint density at radius 3 is 1.53 bits per heavy atom. The Bertz CT molecular complexity index is 3510. The summed E-state index contributed by atoms with van der Waals surface area (Å²) in [5.74, 6) is 2.44. The van der Waals surface area contributed by atoms with E-state index in [0.717, 1.165) is 39.4 Å². The third-order valence-electron chi connectivity index (χ3n) is 15.2. The summed E-state index contributed by atoms with van der Waals surface area (Å²) in [7, 11) is 0. The molecule has 5 nitrogen and oxygen atoms in total. The Balaban J connectivity index is 1.17. The highest BCUT2D eigenvalue weighted by atomic mass is 16.5. The molecule has 0 aliphatic carbocycles. The summed E-state index contributed by atoms with van der Waals surface area (Å²) < 4.78 is 9.53. The first kappa shape index (κ1) is 49.2. The standard InChI is InChI=1S/C68H72N4O/c1-64(2,3)50-30-23-31-53(39-50)70-45-71(63(68(12,13)49-28-21-16-22-29-49)62(70)67(10,11)48-26-19-15-20-27-48)54-40-52(66(7,8)9)41-56(43-54)73-55-33-34-57-58-38-47(46-24-17-14-18-25-46)32-35-59(58)72(60(57)44-55)61-42-51(36-37-69-61)65(4,5)6/h14-44H,45H2,1-13H3. The second-order valence-electron chi connectivity index (χ2n) is 24.3. The van der Waals surface area contributed by atoms with E-state index in [1.54, 1.807) is 0 Å². The van der Waals surface area contributed by atoms with Crippen molar-refractivity contribution in [3.63, 3.8) is 0 Å². The summed E-state index contributed by atoms with van der Waals surface area (Å²) in [6.45, 7) is 30.8. The van der Waals surface area contributed by atoms with Gasteiger partial charge < -0.3 is 14.5 Å². The largest absolute Gasteiger partial charge is 0.457 e. The molecular formula is C68H72N4O. The SMILES string of the molecule is CC(C)(C)c1cccc(N2CN(c3cc(Oc4ccc5c6cc(-c7ccccc7)ccc6n(-c6cc(C(C)(C)C)ccn6)c5c4)cc(C(C)(C)C)c3)C(C(C)(C)c3ccccc3)=C2C(C)(C)c2ccccc2)c1. The van der Waals surface area contributed by atoms with E-state index >= 15 is 0 Å². The molecule has 10 rings (SSSR count). The molecule has 0 fully saturated rings. The number of fused-ring (bicyclic) bond motifs is 3. The van der Waals surface area contributed by atoms with Gasteiger partial charge in [-0.2, -0.15) is 0 Å². The zero-order valence-corrected chi connectivity index (χ0v) is 45.3. The van der Waals surface area contributed by atoms with Crippen LogP contribution in [0.1, 0.15) is 118 Å². The molecule has 0 spiro atoms. The number of ether oxygens (including phenoxy) is 1. The fraction of sp³-hybridized carbons (Fsp3) is 0.279. The third-order valence-corrected chi connectivity index (χ3v) is 15.2. The average molecular weight is 961 g/mol. The Kier molecular flexibility index (Phi) is 12.3. The van der Waals surface area contributed by atoms with Gasteiger partial charge >= 0.3 is 0 Å². The van der Waals surface area contributed by atoms with Gasteiger partial charge in [-0.05, 0) is 116 Å². The monoisotopic (exact) mass is 961 g/mol. The summed E-state index contributed by atoms with van der Waals surface area (Å²) in [6, 6.07) is 66.5. The van der Waals surface area contributed by atoms with Crippen LogP contribution in [0, 0.1) is 0 Å². The topological polar surface area (TPSA) is 33.5 Å². The second kappa shape index (κ2) is 18.3. The lowest BCUT2D eigenvalue weighted by Gasteiger charge is -2.38. The fourth-order valence-corrected chi connectivity index (χ4v) is 10.8. The number of hydrogen-bond donors (Lipinski definition) is 0. The normalized spacial score (nSPS) is 13.9. The zero-order chi connectivity index (χ0) is 51.7. The number of rotatable bonds is 10. The number of allylic oxidation sites excluding steroid dienone is 2. The van der Waals surface area contributed by atoms with Crippen molar-refractivity contribution >= 4 is 33.2 Å². The maximum Gasteiger partial charge on any atom is 0.137 e. The molecule has 3 heterocycles. The molecule has 9 aromatic rings. The maximum atomic E-state index is 7.22. The van der Waals surface area contributed by atoms with Gasteiger partial charge in [0.2, 0.25) is 0 Å². The van der Waals surface area contributed by atoms with Gasteiger partial charge in [0.05, 0.1) is 29.1 Å². The van der Waals surface area contributed by atoms with Crippen LogP contribution < -0.4 is 14.5 Å². The lowest BCUT2D eigenvalue weighted by atomic mass is 9.73. The summed E-state index contributed by atoms with van der Waals surface area (Å²) in [5.41, 5.74) is 14.5. The van der Waals surface area contributed by atoms with Crippen LogP contribution in [0.4, 0.5) is 11.4 Å². The first-order valence-corrected chi connectivity index (χ1v) is 26.0. The number of pyridine rings is 1. The molecule has 0 radical (unpaired) electrons. The predicted molar refractivity (Wildman–Crippen MR) is 309 cm³/mol. The predicted octanol–water partition coefficient (Wildman–Crippen LogP) is 18.0. The summed E-state index contributed by atoms with van der Waals surface area (Å²) >= 11 is 0. The number of hydrogen-bond acceptors (Lipinski definition) is 4. The van der Waals surface area contributed by atoms with E-state index in [1.165, 1.54) is 61.4 Å². The quantitative estimate of drug-likeness (QED) is 0.137. The van der Waals surface area contributed by atoms with Gasteiger partial charge in [0.15, 0.2) is 0 Å². The van der Waals surface area contributed by atoms with Crippen molar-refractivity contribution < 1.29 is 4.74 Å². The molecule has 0 saturated heterocycles. The molecule has 7 aromatic carbocycles. The molecular weight excluding hydrogens is 889 g/mol. The van der Waals surface area contributed by atoms with Crippen molar-refractivity contribution in [2.24, 2.45) is 0 Å².